The van der Waals surface area contributed by atoms with Crippen LogP contribution in [0.4, 0.5) is 4.39 Å². The van der Waals surface area contributed by atoms with Gasteiger partial charge in [0.05, 0.1) is 25.2 Å². The second kappa shape index (κ2) is 7.01. The summed E-state index contributed by atoms with van der Waals surface area (Å²) in [6.07, 6.45) is 1.46. The van der Waals surface area contributed by atoms with Gasteiger partial charge in [0, 0.05) is 12.6 Å². The molecule has 1 aliphatic heterocycles. The average molecular weight is 365 g/mol. The molecule has 0 bridgehead atoms. The number of sulfonamides is 1. The molecule has 7 heteroatoms. The fraction of sp³-hybridized carbons (Fsp3) is 0.333. The predicted molar refractivity (Wildman–Crippen MR) is 91.8 cm³/mol. The van der Waals surface area contributed by atoms with Crippen LogP contribution >= 0.6 is 0 Å². The standard InChI is InChI=1S/C18H20FNO4S/c1-23-17-10-9-15(12-18(17)24-2)25(21,22)20-11-3-4-16(20)13-5-7-14(19)8-6-13/h5-10,12,16H,3-4,11H2,1-2H3/t16-/m0/s1. The van der Waals surface area contributed by atoms with Crippen LogP contribution < -0.4 is 9.47 Å². The van der Waals surface area contributed by atoms with Crippen LogP contribution in [0.5, 0.6) is 11.5 Å². The first-order valence-electron chi connectivity index (χ1n) is 7.96. The van der Waals surface area contributed by atoms with Gasteiger partial charge in [-0.25, -0.2) is 12.8 Å². The molecule has 0 aromatic heterocycles. The first kappa shape index (κ1) is 17.7. The highest BCUT2D eigenvalue weighted by molar-refractivity contribution is 7.89. The Hall–Kier alpha value is -2.12. The number of ether oxygens (including phenoxy) is 2. The summed E-state index contributed by atoms with van der Waals surface area (Å²) in [4.78, 5) is 0.152. The van der Waals surface area contributed by atoms with Gasteiger partial charge >= 0.3 is 0 Å². The minimum absolute atomic E-state index is 0.152. The molecule has 1 heterocycles. The Morgan fingerprint density at radius 3 is 2.36 bits per heavy atom. The molecule has 5 nitrogen and oxygen atoms in total. The molecule has 0 aliphatic carbocycles. The number of nitrogens with zero attached hydrogens (tertiary/aromatic N) is 1. The third-order valence-corrected chi connectivity index (χ3v) is 6.32. The SMILES string of the molecule is COc1ccc(S(=O)(=O)N2CCC[C@H]2c2ccc(F)cc2)cc1OC. The number of hydrogen-bond acceptors (Lipinski definition) is 4. The molecular weight excluding hydrogens is 345 g/mol. The molecule has 0 amide bonds. The van der Waals surface area contributed by atoms with Gasteiger partial charge in [0.15, 0.2) is 11.5 Å². The lowest BCUT2D eigenvalue weighted by Gasteiger charge is -2.25. The van der Waals surface area contributed by atoms with Gasteiger partial charge in [-0.1, -0.05) is 12.1 Å². The second-order valence-electron chi connectivity index (χ2n) is 5.84. The van der Waals surface area contributed by atoms with Gasteiger partial charge in [0.2, 0.25) is 10.0 Å². The first-order chi connectivity index (χ1) is 12.0. The molecule has 1 aliphatic rings. The molecule has 3 rings (SSSR count). The minimum Gasteiger partial charge on any atom is -0.493 e. The Kier molecular flexibility index (Phi) is 4.96. The zero-order chi connectivity index (χ0) is 18.0. The summed E-state index contributed by atoms with van der Waals surface area (Å²) in [6, 6.07) is 10.3. The van der Waals surface area contributed by atoms with Crippen LogP contribution in [0.25, 0.3) is 0 Å². The molecule has 0 radical (unpaired) electrons. The normalized spacial score (nSPS) is 18.3. The molecule has 0 saturated carbocycles. The predicted octanol–water partition coefficient (Wildman–Crippen LogP) is 3.37. The van der Waals surface area contributed by atoms with E-state index in [9.17, 15) is 12.8 Å². The minimum atomic E-state index is -3.70. The van der Waals surface area contributed by atoms with E-state index < -0.39 is 10.0 Å². The van der Waals surface area contributed by atoms with Gasteiger partial charge in [0.1, 0.15) is 5.82 Å². The van der Waals surface area contributed by atoms with Crippen molar-refractivity contribution < 1.29 is 22.3 Å². The number of hydrogen-bond donors (Lipinski definition) is 0. The average Bonchev–Trinajstić information content (AvgIpc) is 3.12. The van der Waals surface area contributed by atoms with Gasteiger partial charge < -0.3 is 9.47 Å². The molecule has 1 saturated heterocycles. The highest BCUT2D eigenvalue weighted by Gasteiger charge is 2.36. The maximum absolute atomic E-state index is 13.2. The van der Waals surface area contributed by atoms with Crippen LogP contribution in [0.3, 0.4) is 0 Å². The third kappa shape index (κ3) is 3.34. The monoisotopic (exact) mass is 365 g/mol. The van der Waals surface area contributed by atoms with E-state index in [1.54, 1.807) is 18.2 Å². The van der Waals surface area contributed by atoms with E-state index in [1.807, 2.05) is 0 Å². The summed E-state index contributed by atoms with van der Waals surface area (Å²) in [6.45, 7) is 0.429. The van der Waals surface area contributed by atoms with Crippen molar-refractivity contribution in [2.45, 2.75) is 23.8 Å². The molecular formula is C18H20FNO4S. The maximum Gasteiger partial charge on any atom is 0.243 e. The first-order valence-corrected chi connectivity index (χ1v) is 9.40. The Morgan fingerprint density at radius 1 is 1.04 bits per heavy atom. The Morgan fingerprint density at radius 2 is 1.72 bits per heavy atom. The highest BCUT2D eigenvalue weighted by atomic mass is 32.2. The van der Waals surface area contributed by atoms with E-state index in [0.717, 1.165) is 12.0 Å². The van der Waals surface area contributed by atoms with E-state index in [0.29, 0.717) is 24.5 Å². The Balaban J connectivity index is 1.97. The summed E-state index contributed by atoms with van der Waals surface area (Å²) < 4.78 is 51.2. The molecule has 0 unspecified atom stereocenters. The number of benzene rings is 2. The molecule has 134 valence electrons. The lowest BCUT2D eigenvalue weighted by molar-refractivity contribution is 0.353. The lowest BCUT2D eigenvalue weighted by atomic mass is 10.1. The van der Waals surface area contributed by atoms with E-state index in [1.165, 1.54) is 42.8 Å². The number of methoxy groups -OCH3 is 2. The van der Waals surface area contributed by atoms with Crippen molar-refractivity contribution in [1.82, 2.24) is 4.31 Å². The van der Waals surface area contributed by atoms with Crippen molar-refractivity contribution in [3.8, 4) is 11.5 Å². The van der Waals surface area contributed by atoms with Crippen molar-refractivity contribution in [2.24, 2.45) is 0 Å². The fourth-order valence-electron chi connectivity index (χ4n) is 3.16. The zero-order valence-corrected chi connectivity index (χ0v) is 14.9. The molecule has 2 aromatic rings. The summed E-state index contributed by atoms with van der Waals surface area (Å²) in [7, 11) is -0.739. The van der Waals surface area contributed by atoms with Crippen molar-refractivity contribution in [3.05, 3.63) is 53.8 Å². The van der Waals surface area contributed by atoms with Crippen LogP contribution in [-0.4, -0.2) is 33.5 Å². The summed E-state index contributed by atoms with van der Waals surface area (Å²) >= 11 is 0. The lowest BCUT2D eigenvalue weighted by Crippen LogP contribution is -2.30. The highest BCUT2D eigenvalue weighted by Crippen LogP contribution is 2.38. The maximum atomic E-state index is 13.2. The third-order valence-electron chi connectivity index (χ3n) is 4.42. The Bertz CT molecular complexity index is 852. The molecule has 0 N–H and O–H groups in total. The molecule has 0 spiro atoms. The summed E-state index contributed by atoms with van der Waals surface area (Å²) in [5, 5.41) is 0. The number of halogens is 1. The smallest absolute Gasteiger partial charge is 0.243 e. The molecule has 2 aromatic carbocycles. The molecule has 1 fully saturated rings. The summed E-state index contributed by atoms with van der Waals surface area (Å²) in [5.74, 6) is 0.495. The van der Waals surface area contributed by atoms with Crippen LogP contribution in [0.15, 0.2) is 47.4 Å². The van der Waals surface area contributed by atoms with Crippen molar-refractivity contribution in [3.63, 3.8) is 0 Å². The van der Waals surface area contributed by atoms with E-state index >= 15 is 0 Å². The van der Waals surface area contributed by atoms with E-state index in [2.05, 4.69) is 0 Å². The van der Waals surface area contributed by atoms with Gasteiger partial charge in [-0.2, -0.15) is 4.31 Å². The number of rotatable bonds is 5. The second-order valence-corrected chi connectivity index (χ2v) is 7.73. The van der Waals surface area contributed by atoms with Crippen molar-refractivity contribution in [2.75, 3.05) is 20.8 Å². The van der Waals surface area contributed by atoms with Gasteiger partial charge in [-0.3, -0.25) is 0 Å². The topological polar surface area (TPSA) is 55.8 Å². The summed E-state index contributed by atoms with van der Waals surface area (Å²) in [5.41, 5.74) is 0.794. The Labute approximate surface area is 147 Å². The molecule has 25 heavy (non-hydrogen) atoms. The molecule has 1 atom stereocenters. The van der Waals surface area contributed by atoms with Crippen molar-refractivity contribution in [1.29, 1.82) is 0 Å². The quantitative estimate of drug-likeness (QED) is 0.815. The van der Waals surface area contributed by atoms with E-state index in [-0.39, 0.29) is 16.8 Å². The van der Waals surface area contributed by atoms with Crippen LogP contribution in [0.2, 0.25) is 0 Å². The van der Waals surface area contributed by atoms with Crippen LogP contribution in [-0.2, 0) is 10.0 Å². The van der Waals surface area contributed by atoms with Crippen molar-refractivity contribution >= 4 is 10.0 Å². The zero-order valence-electron chi connectivity index (χ0n) is 14.1. The largest absolute Gasteiger partial charge is 0.493 e. The van der Waals surface area contributed by atoms with Crippen LogP contribution in [0.1, 0.15) is 24.4 Å². The van der Waals surface area contributed by atoms with Gasteiger partial charge in [-0.15, -0.1) is 0 Å². The van der Waals surface area contributed by atoms with E-state index in [4.69, 9.17) is 9.47 Å². The van der Waals surface area contributed by atoms with Crippen LogP contribution in [0, 0.1) is 5.82 Å². The fourth-order valence-corrected chi connectivity index (χ4v) is 4.86. The van der Waals surface area contributed by atoms with Gasteiger partial charge in [0.25, 0.3) is 0 Å². The van der Waals surface area contributed by atoms with Gasteiger partial charge in [-0.05, 0) is 42.7 Å².